The largest absolute Gasteiger partial charge is 0.350 e. The number of nitrogens with one attached hydrogen (secondary N) is 1. The molecular weight excluding hydrogens is 252 g/mol. The highest BCUT2D eigenvalue weighted by atomic mass is 32.2. The fourth-order valence-electron chi connectivity index (χ4n) is 2.97. The third kappa shape index (κ3) is 3.23. The van der Waals surface area contributed by atoms with Crippen LogP contribution in [-0.4, -0.2) is 37.4 Å². The Hall–Kier alpha value is -0.620. The first-order valence-corrected chi connectivity index (χ1v) is 8.40. The maximum absolute atomic E-state index is 12.2. The van der Waals surface area contributed by atoms with Gasteiger partial charge in [-0.15, -0.1) is 0 Å². The van der Waals surface area contributed by atoms with Crippen LogP contribution in [0.1, 0.15) is 39.0 Å². The van der Waals surface area contributed by atoms with Crippen molar-refractivity contribution in [3.05, 3.63) is 0 Å². The second-order valence-electron chi connectivity index (χ2n) is 6.02. The molecule has 3 unspecified atom stereocenters. The molecule has 3 atom stereocenters. The molecule has 5 nitrogen and oxygen atoms in total. The van der Waals surface area contributed by atoms with Gasteiger partial charge in [0, 0.05) is 12.0 Å². The van der Waals surface area contributed by atoms with E-state index < -0.39 is 15.4 Å². The van der Waals surface area contributed by atoms with E-state index in [0.29, 0.717) is 12.8 Å². The standard InChI is InChI=1S/C12H22N2O3S/c1-12(5-6-18(16,17)8-12)14-11(15)9-3-2-4-10(13)7-9/h9-10H,2-8,13H2,1H3,(H,14,15). The number of carbonyl (C=O) groups is 1. The molecule has 0 aromatic carbocycles. The SMILES string of the molecule is CC1(NC(=O)C2CCCC(N)C2)CCS(=O)(=O)C1. The first-order chi connectivity index (χ1) is 8.30. The minimum Gasteiger partial charge on any atom is -0.350 e. The van der Waals surface area contributed by atoms with Crippen LogP contribution >= 0.6 is 0 Å². The van der Waals surface area contributed by atoms with E-state index in [1.54, 1.807) is 0 Å². The summed E-state index contributed by atoms with van der Waals surface area (Å²) in [6, 6.07) is 0.106. The van der Waals surface area contributed by atoms with Crippen LogP contribution in [0.15, 0.2) is 0 Å². The Morgan fingerprint density at radius 3 is 2.67 bits per heavy atom. The summed E-state index contributed by atoms with van der Waals surface area (Å²) < 4.78 is 23.0. The number of amides is 1. The Balaban J connectivity index is 1.95. The summed E-state index contributed by atoms with van der Waals surface area (Å²) in [6.45, 7) is 1.82. The average Bonchev–Trinajstić information content (AvgIpc) is 2.52. The summed E-state index contributed by atoms with van der Waals surface area (Å²) >= 11 is 0. The van der Waals surface area contributed by atoms with E-state index in [-0.39, 0.29) is 29.4 Å². The normalized spacial score (nSPS) is 39.4. The predicted octanol–water partition coefficient (Wildman–Crippen LogP) is 0.197. The Bertz CT molecular complexity index is 435. The Morgan fingerprint density at radius 2 is 2.11 bits per heavy atom. The van der Waals surface area contributed by atoms with E-state index in [1.165, 1.54) is 0 Å². The van der Waals surface area contributed by atoms with Crippen LogP contribution in [0.5, 0.6) is 0 Å². The molecule has 2 rings (SSSR count). The summed E-state index contributed by atoms with van der Waals surface area (Å²) in [7, 11) is -2.98. The smallest absolute Gasteiger partial charge is 0.223 e. The number of hydrogen-bond donors (Lipinski definition) is 2. The molecule has 0 bridgehead atoms. The lowest BCUT2D eigenvalue weighted by Crippen LogP contribution is -2.50. The first kappa shape index (κ1) is 13.8. The molecule has 1 amide bonds. The van der Waals surface area contributed by atoms with E-state index in [4.69, 9.17) is 5.73 Å². The monoisotopic (exact) mass is 274 g/mol. The van der Waals surface area contributed by atoms with Crippen molar-refractivity contribution in [1.82, 2.24) is 5.32 Å². The highest BCUT2D eigenvalue weighted by molar-refractivity contribution is 7.91. The maximum Gasteiger partial charge on any atom is 0.223 e. The molecule has 2 fully saturated rings. The van der Waals surface area contributed by atoms with Gasteiger partial charge in [0.05, 0.1) is 17.0 Å². The van der Waals surface area contributed by atoms with Gasteiger partial charge >= 0.3 is 0 Å². The van der Waals surface area contributed by atoms with Crippen LogP contribution < -0.4 is 11.1 Å². The Kier molecular flexibility index (Phi) is 3.69. The van der Waals surface area contributed by atoms with Crippen molar-refractivity contribution in [3.8, 4) is 0 Å². The zero-order valence-corrected chi connectivity index (χ0v) is 11.6. The molecule has 6 heteroatoms. The van der Waals surface area contributed by atoms with Crippen molar-refractivity contribution >= 4 is 15.7 Å². The predicted molar refractivity (Wildman–Crippen MR) is 69.8 cm³/mol. The first-order valence-electron chi connectivity index (χ1n) is 6.58. The molecule has 104 valence electrons. The molecule has 0 aromatic heterocycles. The van der Waals surface area contributed by atoms with Crippen molar-refractivity contribution < 1.29 is 13.2 Å². The average molecular weight is 274 g/mol. The summed E-state index contributed by atoms with van der Waals surface area (Å²) in [5.41, 5.74) is 5.29. The van der Waals surface area contributed by atoms with Crippen LogP contribution in [0.4, 0.5) is 0 Å². The van der Waals surface area contributed by atoms with Crippen LogP contribution in [0, 0.1) is 5.92 Å². The third-order valence-electron chi connectivity index (χ3n) is 4.01. The van der Waals surface area contributed by atoms with E-state index in [0.717, 1.165) is 19.3 Å². The molecule has 0 spiro atoms. The highest BCUT2D eigenvalue weighted by Crippen LogP contribution is 2.27. The lowest BCUT2D eigenvalue weighted by molar-refractivity contribution is -0.127. The van der Waals surface area contributed by atoms with E-state index in [1.807, 2.05) is 6.92 Å². The molecule has 1 saturated heterocycles. The molecule has 1 aliphatic heterocycles. The summed E-state index contributed by atoms with van der Waals surface area (Å²) in [6.07, 6.45) is 4.06. The van der Waals surface area contributed by atoms with Gasteiger partial charge in [0.25, 0.3) is 0 Å². The number of carbonyl (C=O) groups excluding carboxylic acids is 1. The second kappa shape index (κ2) is 4.81. The van der Waals surface area contributed by atoms with Gasteiger partial charge in [-0.05, 0) is 32.6 Å². The van der Waals surface area contributed by atoms with Crippen LogP contribution in [0.25, 0.3) is 0 Å². The van der Waals surface area contributed by atoms with Crippen molar-refractivity contribution in [3.63, 3.8) is 0 Å². The summed E-state index contributed by atoms with van der Waals surface area (Å²) in [5, 5.41) is 2.93. The molecule has 3 N–H and O–H groups in total. The maximum atomic E-state index is 12.2. The van der Waals surface area contributed by atoms with Crippen LogP contribution in [-0.2, 0) is 14.6 Å². The fraction of sp³-hybridized carbons (Fsp3) is 0.917. The number of sulfone groups is 1. The minimum atomic E-state index is -2.98. The van der Waals surface area contributed by atoms with Gasteiger partial charge < -0.3 is 11.1 Å². The van der Waals surface area contributed by atoms with Gasteiger partial charge in [-0.25, -0.2) is 8.42 Å². The van der Waals surface area contributed by atoms with Crippen molar-refractivity contribution in [2.24, 2.45) is 11.7 Å². The van der Waals surface area contributed by atoms with Crippen LogP contribution in [0.2, 0.25) is 0 Å². The van der Waals surface area contributed by atoms with E-state index in [2.05, 4.69) is 5.32 Å². The third-order valence-corrected chi connectivity index (χ3v) is 5.92. The molecule has 1 aliphatic carbocycles. The van der Waals surface area contributed by atoms with Gasteiger partial charge in [0.15, 0.2) is 9.84 Å². The van der Waals surface area contributed by atoms with Gasteiger partial charge in [-0.3, -0.25) is 4.79 Å². The van der Waals surface area contributed by atoms with E-state index in [9.17, 15) is 13.2 Å². The zero-order valence-electron chi connectivity index (χ0n) is 10.8. The highest BCUT2D eigenvalue weighted by Gasteiger charge is 2.40. The summed E-state index contributed by atoms with van der Waals surface area (Å²) in [4.78, 5) is 12.2. The van der Waals surface area contributed by atoms with Gasteiger partial charge in [-0.2, -0.15) is 0 Å². The van der Waals surface area contributed by atoms with Crippen molar-refractivity contribution in [2.45, 2.75) is 50.6 Å². The van der Waals surface area contributed by atoms with Crippen LogP contribution in [0.3, 0.4) is 0 Å². The van der Waals surface area contributed by atoms with Crippen molar-refractivity contribution in [1.29, 1.82) is 0 Å². The number of hydrogen-bond acceptors (Lipinski definition) is 4. The molecule has 0 radical (unpaired) electrons. The van der Waals surface area contributed by atoms with Gasteiger partial charge in [-0.1, -0.05) is 6.42 Å². The lowest BCUT2D eigenvalue weighted by atomic mass is 9.85. The lowest BCUT2D eigenvalue weighted by Gasteiger charge is -2.30. The molecule has 18 heavy (non-hydrogen) atoms. The molecule has 0 aromatic rings. The van der Waals surface area contributed by atoms with Crippen molar-refractivity contribution in [2.75, 3.05) is 11.5 Å². The number of rotatable bonds is 2. The van der Waals surface area contributed by atoms with Gasteiger partial charge in [0.2, 0.25) is 5.91 Å². The Morgan fingerprint density at radius 1 is 1.39 bits per heavy atom. The summed E-state index contributed by atoms with van der Waals surface area (Å²) in [5.74, 6) is 0.164. The second-order valence-corrected chi connectivity index (χ2v) is 8.20. The topological polar surface area (TPSA) is 89.3 Å². The molecule has 1 saturated carbocycles. The Labute approximate surface area is 108 Å². The molecule has 2 aliphatic rings. The van der Waals surface area contributed by atoms with E-state index >= 15 is 0 Å². The number of nitrogens with two attached hydrogens (primary N) is 1. The molecule has 1 heterocycles. The fourth-order valence-corrected chi connectivity index (χ4v) is 5.07. The minimum absolute atomic E-state index is 0.0234. The van der Waals surface area contributed by atoms with Gasteiger partial charge in [0.1, 0.15) is 0 Å². The molecular formula is C12H22N2O3S. The quantitative estimate of drug-likeness (QED) is 0.752. The zero-order chi connectivity index (χ0) is 13.4.